The van der Waals surface area contributed by atoms with E-state index < -0.39 is 11.7 Å². The van der Waals surface area contributed by atoms with Gasteiger partial charge in [0.25, 0.3) is 0 Å². The third kappa shape index (κ3) is 3.56. The van der Waals surface area contributed by atoms with Gasteiger partial charge in [0.2, 0.25) is 0 Å². The molecule has 0 aliphatic heterocycles. The van der Waals surface area contributed by atoms with Gasteiger partial charge in [0.1, 0.15) is 5.82 Å². The Labute approximate surface area is 137 Å². The van der Waals surface area contributed by atoms with Gasteiger partial charge in [-0.1, -0.05) is 18.2 Å². The summed E-state index contributed by atoms with van der Waals surface area (Å²) in [5.74, 6) is 0.177. The second kappa shape index (κ2) is 6.35. The van der Waals surface area contributed by atoms with E-state index in [0.29, 0.717) is 6.54 Å². The number of anilines is 1. The summed E-state index contributed by atoms with van der Waals surface area (Å²) in [5, 5.41) is 7.31. The summed E-state index contributed by atoms with van der Waals surface area (Å²) in [7, 11) is 0. The smallest absolute Gasteiger partial charge is 0.366 e. The molecule has 7 heteroatoms. The van der Waals surface area contributed by atoms with Crippen molar-refractivity contribution in [1.29, 1.82) is 0 Å². The lowest BCUT2D eigenvalue weighted by Crippen LogP contribution is -2.09. The Balaban J connectivity index is 1.81. The molecular formula is C17H15F3N4. The summed E-state index contributed by atoms with van der Waals surface area (Å²) >= 11 is 0. The maximum Gasteiger partial charge on any atom is 0.416 e. The topological polar surface area (TPSA) is 42.7 Å². The van der Waals surface area contributed by atoms with Gasteiger partial charge in [0, 0.05) is 18.9 Å². The van der Waals surface area contributed by atoms with Gasteiger partial charge in [-0.05, 0) is 36.8 Å². The van der Waals surface area contributed by atoms with E-state index in [1.807, 2.05) is 43.5 Å². The van der Waals surface area contributed by atoms with Crippen LogP contribution in [0.4, 0.5) is 19.0 Å². The van der Waals surface area contributed by atoms with Gasteiger partial charge in [0.15, 0.2) is 0 Å². The Morgan fingerprint density at radius 2 is 1.92 bits per heavy atom. The molecule has 4 nitrogen and oxygen atoms in total. The molecule has 24 heavy (non-hydrogen) atoms. The molecule has 0 spiro atoms. The van der Waals surface area contributed by atoms with Gasteiger partial charge in [-0.2, -0.15) is 18.3 Å². The minimum atomic E-state index is -4.39. The highest BCUT2D eigenvalue weighted by Gasteiger charge is 2.30. The largest absolute Gasteiger partial charge is 0.416 e. The van der Waals surface area contributed by atoms with E-state index in [1.165, 1.54) is 0 Å². The maximum absolute atomic E-state index is 12.8. The standard InChI is InChI=1S/C17H15F3N4/c1-12-7-9-24(23-12)15-5-3-2-4-13(15)11-22-16-10-14(6-8-21-16)17(18,19)20/h2-10H,11H2,1H3,(H,21,22). The number of rotatable bonds is 4. The van der Waals surface area contributed by atoms with Crippen LogP contribution in [0.2, 0.25) is 0 Å². The van der Waals surface area contributed by atoms with Gasteiger partial charge in [-0.15, -0.1) is 0 Å². The summed E-state index contributed by atoms with van der Waals surface area (Å²) < 4.78 is 40.0. The first kappa shape index (κ1) is 16.0. The minimum absolute atomic E-state index is 0.177. The molecule has 3 aromatic rings. The van der Waals surface area contributed by atoms with Gasteiger partial charge in [-0.3, -0.25) is 0 Å². The van der Waals surface area contributed by atoms with Crippen molar-refractivity contribution in [3.05, 3.63) is 71.7 Å². The summed E-state index contributed by atoms with van der Waals surface area (Å²) in [5.41, 5.74) is 1.93. The Hall–Kier alpha value is -2.83. The quantitative estimate of drug-likeness (QED) is 0.778. The lowest BCUT2D eigenvalue weighted by atomic mass is 10.1. The van der Waals surface area contributed by atoms with Crippen LogP contribution < -0.4 is 5.32 Å². The number of benzene rings is 1. The zero-order valence-electron chi connectivity index (χ0n) is 12.9. The fourth-order valence-corrected chi connectivity index (χ4v) is 2.32. The molecule has 0 radical (unpaired) electrons. The molecule has 0 atom stereocenters. The lowest BCUT2D eigenvalue weighted by Gasteiger charge is -2.12. The van der Waals surface area contributed by atoms with E-state index in [1.54, 1.807) is 4.68 Å². The molecule has 1 aromatic carbocycles. The van der Waals surface area contributed by atoms with Crippen molar-refractivity contribution in [2.45, 2.75) is 19.6 Å². The molecular weight excluding hydrogens is 317 g/mol. The van der Waals surface area contributed by atoms with Crippen molar-refractivity contribution < 1.29 is 13.2 Å². The maximum atomic E-state index is 12.8. The summed E-state index contributed by atoms with van der Waals surface area (Å²) in [6.07, 6.45) is -1.39. The van der Waals surface area contributed by atoms with Gasteiger partial charge >= 0.3 is 6.18 Å². The van der Waals surface area contributed by atoms with Gasteiger partial charge < -0.3 is 5.32 Å². The Kier molecular flexibility index (Phi) is 4.24. The average molecular weight is 332 g/mol. The predicted octanol–water partition coefficient (Wildman–Crippen LogP) is 4.21. The van der Waals surface area contributed by atoms with Crippen LogP contribution in [0.3, 0.4) is 0 Å². The van der Waals surface area contributed by atoms with E-state index in [4.69, 9.17) is 0 Å². The van der Waals surface area contributed by atoms with E-state index >= 15 is 0 Å². The first-order valence-corrected chi connectivity index (χ1v) is 7.31. The Bertz CT molecular complexity index is 840. The van der Waals surface area contributed by atoms with E-state index in [0.717, 1.165) is 35.3 Å². The van der Waals surface area contributed by atoms with Crippen LogP contribution in [0.25, 0.3) is 5.69 Å². The number of hydrogen-bond acceptors (Lipinski definition) is 3. The van der Waals surface area contributed by atoms with Gasteiger partial charge in [-0.25, -0.2) is 9.67 Å². The fraction of sp³-hybridized carbons (Fsp3) is 0.176. The van der Waals surface area contributed by atoms with Crippen LogP contribution in [0.1, 0.15) is 16.8 Å². The van der Waals surface area contributed by atoms with Crippen LogP contribution in [0.15, 0.2) is 54.9 Å². The van der Waals surface area contributed by atoms with E-state index in [9.17, 15) is 13.2 Å². The molecule has 3 rings (SSSR count). The molecule has 124 valence electrons. The van der Waals surface area contributed by atoms with Crippen molar-refractivity contribution in [3.63, 3.8) is 0 Å². The molecule has 1 N–H and O–H groups in total. The number of aromatic nitrogens is 3. The van der Waals surface area contributed by atoms with E-state index in [-0.39, 0.29) is 5.82 Å². The number of para-hydroxylation sites is 1. The highest BCUT2D eigenvalue weighted by molar-refractivity contribution is 5.45. The first-order chi connectivity index (χ1) is 11.4. The van der Waals surface area contributed by atoms with Crippen LogP contribution in [-0.4, -0.2) is 14.8 Å². The normalized spacial score (nSPS) is 11.5. The third-order valence-electron chi connectivity index (χ3n) is 3.51. The monoisotopic (exact) mass is 332 g/mol. The number of aryl methyl sites for hydroxylation is 1. The molecule has 0 saturated carbocycles. The average Bonchev–Trinajstić information content (AvgIpc) is 2.99. The van der Waals surface area contributed by atoms with Crippen LogP contribution in [0, 0.1) is 6.92 Å². The Morgan fingerprint density at radius 1 is 1.12 bits per heavy atom. The summed E-state index contributed by atoms with van der Waals surface area (Å²) in [6.45, 7) is 2.23. The van der Waals surface area contributed by atoms with Crippen LogP contribution in [0.5, 0.6) is 0 Å². The molecule has 0 unspecified atom stereocenters. The van der Waals surface area contributed by atoms with Crippen molar-refractivity contribution in [1.82, 2.24) is 14.8 Å². The number of hydrogen-bond donors (Lipinski definition) is 1. The number of nitrogens with zero attached hydrogens (tertiary/aromatic N) is 3. The van der Waals surface area contributed by atoms with Crippen molar-refractivity contribution in [2.24, 2.45) is 0 Å². The second-order valence-electron chi connectivity index (χ2n) is 5.31. The first-order valence-electron chi connectivity index (χ1n) is 7.31. The second-order valence-corrected chi connectivity index (χ2v) is 5.31. The third-order valence-corrected chi connectivity index (χ3v) is 3.51. The number of nitrogens with one attached hydrogen (secondary N) is 1. The van der Waals surface area contributed by atoms with Crippen LogP contribution in [-0.2, 0) is 12.7 Å². The van der Waals surface area contributed by atoms with Crippen molar-refractivity contribution in [2.75, 3.05) is 5.32 Å². The minimum Gasteiger partial charge on any atom is -0.366 e. The van der Waals surface area contributed by atoms with E-state index in [2.05, 4.69) is 15.4 Å². The molecule has 0 saturated heterocycles. The summed E-state index contributed by atoms with van der Waals surface area (Å²) in [4.78, 5) is 3.94. The highest BCUT2D eigenvalue weighted by Crippen LogP contribution is 2.30. The Morgan fingerprint density at radius 3 is 2.62 bits per heavy atom. The fourth-order valence-electron chi connectivity index (χ4n) is 2.32. The predicted molar refractivity (Wildman–Crippen MR) is 84.9 cm³/mol. The molecule has 2 heterocycles. The number of alkyl halides is 3. The molecule has 0 fully saturated rings. The molecule has 0 aliphatic rings. The lowest BCUT2D eigenvalue weighted by molar-refractivity contribution is -0.137. The molecule has 2 aromatic heterocycles. The van der Waals surface area contributed by atoms with Crippen molar-refractivity contribution >= 4 is 5.82 Å². The highest BCUT2D eigenvalue weighted by atomic mass is 19.4. The molecule has 0 bridgehead atoms. The number of halogens is 3. The number of pyridine rings is 1. The van der Waals surface area contributed by atoms with Gasteiger partial charge in [0.05, 0.1) is 16.9 Å². The zero-order chi connectivity index (χ0) is 17.2. The molecule has 0 amide bonds. The summed E-state index contributed by atoms with van der Waals surface area (Å²) in [6, 6.07) is 11.4. The zero-order valence-corrected chi connectivity index (χ0v) is 12.9. The molecule has 0 aliphatic carbocycles. The van der Waals surface area contributed by atoms with Crippen molar-refractivity contribution in [3.8, 4) is 5.69 Å². The van der Waals surface area contributed by atoms with Crippen LogP contribution >= 0.6 is 0 Å². The SMILES string of the molecule is Cc1ccn(-c2ccccc2CNc2cc(C(F)(F)F)ccn2)n1.